The number of amides is 2. The van der Waals surface area contributed by atoms with Crippen molar-refractivity contribution in [3.05, 3.63) is 42.7 Å². The van der Waals surface area contributed by atoms with Crippen LogP contribution in [0, 0.1) is 0 Å². The highest BCUT2D eigenvalue weighted by atomic mass is 16.2. The van der Waals surface area contributed by atoms with Crippen molar-refractivity contribution in [1.82, 2.24) is 24.7 Å². The van der Waals surface area contributed by atoms with Crippen molar-refractivity contribution in [2.75, 3.05) is 33.7 Å². The molecule has 1 N–H and O–H groups in total. The molecule has 26 heavy (non-hydrogen) atoms. The van der Waals surface area contributed by atoms with Gasteiger partial charge in [0.1, 0.15) is 11.9 Å². The van der Waals surface area contributed by atoms with Crippen molar-refractivity contribution < 1.29 is 9.59 Å². The monoisotopic (exact) mass is 355 g/mol. The average molecular weight is 355 g/mol. The van der Waals surface area contributed by atoms with Crippen molar-refractivity contribution in [2.45, 2.75) is 19.0 Å². The summed E-state index contributed by atoms with van der Waals surface area (Å²) in [5.41, 5.74) is 1.03. The first-order valence-electron chi connectivity index (χ1n) is 8.86. The molecule has 1 fully saturated rings. The Morgan fingerprint density at radius 1 is 1.23 bits per heavy atom. The van der Waals surface area contributed by atoms with E-state index in [0.29, 0.717) is 32.6 Å². The van der Waals surface area contributed by atoms with E-state index in [9.17, 15) is 9.59 Å². The maximum Gasteiger partial charge on any atom is 0.238 e. The van der Waals surface area contributed by atoms with Crippen LogP contribution in [0.2, 0.25) is 0 Å². The number of rotatable bonds is 5. The third kappa shape index (κ3) is 3.94. The third-order valence-corrected chi connectivity index (χ3v) is 4.86. The van der Waals surface area contributed by atoms with Crippen molar-refractivity contribution in [3.63, 3.8) is 0 Å². The fourth-order valence-corrected chi connectivity index (χ4v) is 3.26. The zero-order valence-electron chi connectivity index (χ0n) is 15.3. The Kier molecular flexibility index (Phi) is 5.68. The molecule has 0 aliphatic carbocycles. The zero-order chi connectivity index (χ0) is 18.5. The van der Waals surface area contributed by atoms with Gasteiger partial charge in [-0.1, -0.05) is 30.3 Å². The zero-order valence-corrected chi connectivity index (χ0v) is 15.3. The minimum Gasteiger partial charge on any atom is -0.358 e. The number of aryl methyl sites for hydroxylation is 1. The molecule has 2 aromatic rings. The number of carbonyl (C=O) groups is 2. The number of hydrogen-bond donors (Lipinski definition) is 1. The topological polar surface area (TPSA) is 70.5 Å². The molecule has 1 saturated heterocycles. The number of hydrogen-bond acceptors (Lipinski definition) is 4. The van der Waals surface area contributed by atoms with Crippen LogP contribution in [0.1, 0.15) is 6.42 Å². The Hall–Kier alpha value is -2.67. The lowest BCUT2D eigenvalue weighted by molar-refractivity contribution is -0.137. The summed E-state index contributed by atoms with van der Waals surface area (Å²) in [5.74, 6) is 0.880. The van der Waals surface area contributed by atoms with E-state index < -0.39 is 0 Å². The van der Waals surface area contributed by atoms with E-state index in [1.807, 2.05) is 53.0 Å². The molecule has 2 amide bonds. The molecule has 1 aromatic carbocycles. The van der Waals surface area contributed by atoms with Crippen LogP contribution in [0.15, 0.2) is 42.7 Å². The van der Waals surface area contributed by atoms with Crippen LogP contribution in [0.25, 0.3) is 11.4 Å². The average Bonchev–Trinajstić information content (AvgIpc) is 3.15. The van der Waals surface area contributed by atoms with E-state index in [2.05, 4.69) is 10.3 Å². The van der Waals surface area contributed by atoms with Crippen LogP contribution in [0.4, 0.5) is 0 Å². The summed E-state index contributed by atoms with van der Waals surface area (Å²) in [6, 6.07) is 9.65. The first-order valence-corrected chi connectivity index (χ1v) is 8.86. The van der Waals surface area contributed by atoms with Gasteiger partial charge in [0.05, 0.1) is 0 Å². The van der Waals surface area contributed by atoms with Crippen molar-refractivity contribution in [1.29, 1.82) is 0 Å². The predicted molar refractivity (Wildman–Crippen MR) is 99.3 cm³/mol. The van der Waals surface area contributed by atoms with E-state index in [-0.39, 0.29) is 17.9 Å². The first-order chi connectivity index (χ1) is 12.6. The Labute approximate surface area is 153 Å². The number of piperazine rings is 1. The van der Waals surface area contributed by atoms with Gasteiger partial charge in [-0.25, -0.2) is 4.98 Å². The molecule has 138 valence electrons. The maximum atomic E-state index is 12.6. The largest absolute Gasteiger partial charge is 0.358 e. The molecule has 1 aromatic heterocycles. The third-order valence-electron chi connectivity index (χ3n) is 4.86. The summed E-state index contributed by atoms with van der Waals surface area (Å²) in [4.78, 5) is 32.8. The van der Waals surface area contributed by atoms with Crippen LogP contribution in [-0.2, 0) is 16.1 Å². The molecule has 7 heteroatoms. The van der Waals surface area contributed by atoms with Gasteiger partial charge in [0.15, 0.2) is 0 Å². The number of imidazole rings is 1. The van der Waals surface area contributed by atoms with Crippen LogP contribution >= 0.6 is 0 Å². The lowest BCUT2D eigenvalue weighted by atomic mass is 10.1. The molecule has 7 nitrogen and oxygen atoms in total. The van der Waals surface area contributed by atoms with Crippen LogP contribution in [-0.4, -0.2) is 70.9 Å². The summed E-state index contributed by atoms with van der Waals surface area (Å²) in [6.45, 7) is 2.35. The molecule has 0 radical (unpaired) electrons. The van der Waals surface area contributed by atoms with Crippen LogP contribution < -0.4 is 5.32 Å². The minimum absolute atomic E-state index is 0.0500. The number of carbonyl (C=O) groups excluding carboxylic acids is 2. The molecule has 1 aliphatic rings. The second-order valence-electron chi connectivity index (χ2n) is 6.51. The van der Waals surface area contributed by atoms with E-state index in [1.54, 1.807) is 18.1 Å². The van der Waals surface area contributed by atoms with Gasteiger partial charge in [0.2, 0.25) is 11.8 Å². The van der Waals surface area contributed by atoms with Crippen LogP contribution in [0.3, 0.4) is 0 Å². The summed E-state index contributed by atoms with van der Waals surface area (Å²) in [7, 11) is 3.54. The number of benzene rings is 1. The Balaban J connectivity index is 1.61. The molecule has 0 bridgehead atoms. The SMILES string of the molecule is CNC(=O)C1CN(C(=O)CCn2ccnc2-c2ccccc2)CCN1C. The normalized spacial score (nSPS) is 17.9. The van der Waals surface area contributed by atoms with E-state index in [0.717, 1.165) is 11.4 Å². The minimum atomic E-state index is -0.286. The number of nitrogens with one attached hydrogen (secondary N) is 1. The summed E-state index contributed by atoms with van der Waals surface area (Å²) >= 11 is 0. The van der Waals surface area contributed by atoms with Crippen LogP contribution in [0.5, 0.6) is 0 Å². The van der Waals surface area contributed by atoms with Gasteiger partial charge in [0, 0.05) is 57.6 Å². The second-order valence-corrected chi connectivity index (χ2v) is 6.51. The molecule has 1 unspecified atom stereocenters. The molecule has 0 spiro atoms. The van der Waals surface area contributed by atoms with E-state index in [1.165, 1.54) is 0 Å². The van der Waals surface area contributed by atoms with Gasteiger partial charge in [-0.15, -0.1) is 0 Å². The maximum absolute atomic E-state index is 12.6. The van der Waals surface area contributed by atoms with Gasteiger partial charge < -0.3 is 14.8 Å². The smallest absolute Gasteiger partial charge is 0.238 e. The predicted octanol–water partition coefficient (Wildman–Crippen LogP) is 0.829. The first kappa shape index (κ1) is 18.1. The molecule has 2 heterocycles. The Bertz CT molecular complexity index is 758. The van der Waals surface area contributed by atoms with Gasteiger partial charge in [-0.3, -0.25) is 14.5 Å². The molecule has 0 saturated carbocycles. The van der Waals surface area contributed by atoms with Crippen molar-refractivity contribution in [3.8, 4) is 11.4 Å². The molecule has 1 atom stereocenters. The standard InChI is InChI=1S/C19H25N5O2/c1-20-19(26)16-14-24(13-12-22(16)2)17(25)8-10-23-11-9-21-18(23)15-6-4-3-5-7-15/h3-7,9,11,16H,8,10,12-14H2,1-2H3,(H,20,26). The lowest BCUT2D eigenvalue weighted by Gasteiger charge is -2.38. The Morgan fingerprint density at radius 2 is 2.00 bits per heavy atom. The molecular formula is C19H25N5O2. The highest BCUT2D eigenvalue weighted by Crippen LogP contribution is 2.17. The highest BCUT2D eigenvalue weighted by Gasteiger charge is 2.31. The number of aromatic nitrogens is 2. The van der Waals surface area contributed by atoms with E-state index in [4.69, 9.17) is 0 Å². The molecule has 1 aliphatic heterocycles. The Morgan fingerprint density at radius 3 is 2.73 bits per heavy atom. The summed E-state index contributed by atoms with van der Waals surface area (Å²) in [6.07, 6.45) is 4.04. The van der Waals surface area contributed by atoms with Crippen molar-refractivity contribution >= 4 is 11.8 Å². The summed E-state index contributed by atoms with van der Waals surface area (Å²) < 4.78 is 2.00. The van der Waals surface area contributed by atoms with Crippen molar-refractivity contribution in [2.24, 2.45) is 0 Å². The fraction of sp³-hybridized carbons (Fsp3) is 0.421. The lowest BCUT2D eigenvalue weighted by Crippen LogP contribution is -2.58. The fourth-order valence-electron chi connectivity index (χ4n) is 3.26. The molecule has 3 rings (SSSR count). The summed E-state index contributed by atoms with van der Waals surface area (Å²) in [5, 5.41) is 2.67. The van der Waals surface area contributed by atoms with Gasteiger partial charge in [0.25, 0.3) is 0 Å². The quantitative estimate of drug-likeness (QED) is 0.862. The van der Waals surface area contributed by atoms with E-state index >= 15 is 0 Å². The second kappa shape index (κ2) is 8.14. The highest BCUT2D eigenvalue weighted by molar-refractivity contribution is 5.83. The molecular weight excluding hydrogens is 330 g/mol. The van der Waals surface area contributed by atoms with Gasteiger partial charge in [-0.2, -0.15) is 0 Å². The van der Waals surface area contributed by atoms with Gasteiger partial charge >= 0.3 is 0 Å². The van der Waals surface area contributed by atoms with Gasteiger partial charge in [-0.05, 0) is 7.05 Å². The number of likely N-dealkylation sites (N-methyl/N-ethyl adjacent to an activating group) is 2. The number of nitrogens with zero attached hydrogens (tertiary/aromatic N) is 4.